The Morgan fingerprint density at radius 3 is 2.80 bits per heavy atom. The highest BCUT2D eigenvalue weighted by Gasteiger charge is 2.43. The largest absolute Gasteiger partial charge is 0.351 e. The first-order valence-corrected chi connectivity index (χ1v) is 7.17. The Morgan fingerprint density at radius 2 is 2.25 bits per heavy atom. The Kier molecular flexibility index (Phi) is 5.23. The third-order valence-corrected chi connectivity index (χ3v) is 4.52. The second-order valence-electron chi connectivity index (χ2n) is 5.75. The first-order chi connectivity index (χ1) is 9.31. The molecule has 2 fully saturated rings. The van der Waals surface area contributed by atoms with Crippen LogP contribution in [-0.2, 0) is 6.54 Å². The Bertz CT molecular complexity index is 456. The summed E-state index contributed by atoms with van der Waals surface area (Å²) in [7, 11) is 1.87. The molecule has 1 spiro atoms. The summed E-state index contributed by atoms with van der Waals surface area (Å²) >= 11 is 0. The van der Waals surface area contributed by atoms with Crippen LogP contribution >= 0.6 is 24.0 Å². The van der Waals surface area contributed by atoms with Crippen molar-refractivity contribution in [1.29, 1.82) is 0 Å². The van der Waals surface area contributed by atoms with Crippen LogP contribution in [0.4, 0.5) is 0 Å². The van der Waals surface area contributed by atoms with Crippen molar-refractivity contribution in [3.05, 3.63) is 30.1 Å². The predicted octanol–water partition coefficient (Wildman–Crippen LogP) is 2.65. The topological polar surface area (TPSA) is 40.5 Å². The van der Waals surface area contributed by atoms with Gasteiger partial charge in [0.2, 0.25) is 0 Å². The zero-order valence-corrected chi connectivity index (χ0v) is 14.3. The van der Waals surface area contributed by atoms with Crippen LogP contribution < -0.4 is 5.32 Å². The minimum atomic E-state index is 0. The van der Waals surface area contributed by atoms with Gasteiger partial charge >= 0.3 is 0 Å². The van der Waals surface area contributed by atoms with E-state index in [2.05, 4.69) is 20.2 Å². The van der Waals surface area contributed by atoms with Gasteiger partial charge in [-0.1, -0.05) is 12.5 Å². The molecule has 0 amide bonds. The van der Waals surface area contributed by atoms with E-state index in [9.17, 15) is 0 Å². The minimum absolute atomic E-state index is 0. The van der Waals surface area contributed by atoms with Crippen LogP contribution in [0.5, 0.6) is 0 Å². The molecule has 20 heavy (non-hydrogen) atoms. The van der Waals surface area contributed by atoms with Crippen molar-refractivity contribution in [2.24, 2.45) is 10.4 Å². The molecule has 2 aliphatic rings. The van der Waals surface area contributed by atoms with Gasteiger partial charge in [-0.3, -0.25) is 9.98 Å². The van der Waals surface area contributed by atoms with Crippen LogP contribution in [0.15, 0.2) is 29.4 Å². The number of hydrogen-bond acceptors (Lipinski definition) is 2. The zero-order valence-electron chi connectivity index (χ0n) is 12.0. The number of hydrogen-bond donors (Lipinski definition) is 1. The summed E-state index contributed by atoms with van der Waals surface area (Å²) in [6.07, 6.45) is 7.38. The smallest absolute Gasteiger partial charge is 0.193 e. The van der Waals surface area contributed by atoms with Crippen LogP contribution in [-0.4, -0.2) is 36.0 Å². The van der Waals surface area contributed by atoms with Gasteiger partial charge in [-0.25, -0.2) is 0 Å². The molecule has 1 N–H and O–H groups in total. The first-order valence-electron chi connectivity index (χ1n) is 7.17. The summed E-state index contributed by atoms with van der Waals surface area (Å²) in [5, 5.41) is 3.43. The quantitative estimate of drug-likeness (QED) is 0.483. The van der Waals surface area contributed by atoms with Crippen LogP contribution in [0.1, 0.15) is 31.4 Å². The van der Waals surface area contributed by atoms with Crippen LogP contribution in [0.25, 0.3) is 0 Å². The maximum atomic E-state index is 4.41. The molecule has 1 saturated heterocycles. The van der Waals surface area contributed by atoms with Gasteiger partial charge in [-0.05, 0) is 36.8 Å². The summed E-state index contributed by atoms with van der Waals surface area (Å²) in [5.74, 6) is 1.02. The Labute approximate surface area is 138 Å². The molecule has 0 radical (unpaired) electrons. The van der Waals surface area contributed by atoms with E-state index in [1.807, 2.05) is 31.4 Å². The van der Waals surface area contributed by atoms with Crippen LogP contribution in [0.3, 0.4) is 0 Å². The van der Waals surface area contributed by atoms with Crippen molar-refractivity contribution in [1.82, 2.24) is 15.2 Å². The standard InChI is InChI=1S/C15H22N4.HI/c1-16-14(18-11-13-5-2-3-9-17-13)19-10-8-15(12-19)6-4-7-15;/h2-3,5,9H,4,6-8,10-12H2,1H3,(H,16,18);1H. The van der Waals surface area contributed by atoms with Gasteiger partial charge in [0.15, 0.2) is 5.96 Å². The number of nitrogens with zero attached hydrogens (tertiary/aromatic N) is 3. The average Bonchev–Trinajstić information content (AvgIpc) is 2.86. The molecule has 3 rings (SSSR count). The number of pyridine rings is 1. The zero-order chi connectivity index (χ0) is 13.1. The molecule has 0 aromatic carbocycles. The van der Waals surface area contributed by atoms with Gasteiger partial charge in [-0.15, -0.1) is 24.0 Å². The van der Waals surface area contributed by atoms with Crippen molar-refractivity contribution in [2.45, 2.75) is 32.2 Å². The SMILES string of the molecule is CN=C(NCc1ccccn1)N1CCC2(CCC2)C1.I. The second kappa shape index (κ2) is 6.74. The van der Waals surface area contributed by atoms with E-state index in [4.69, 9.17) is 0 Å². The maximum Gasteiger partial charge on any atom is 0.193 e. The van der Waals surface area contributed by atoms with Gasteiger partial charge in [0.1, 0.15) is 0 Å². The molecule has 0 bridgehead atoms. The number of guanidine groups is 1. The van der Waals surface area contributed by atoms with Crippen molar-refractivity contribution in [3.63, 3.8) is 0 Å². The molecule has 1 aromatic heterocycles. The Hall–Kier alpha value is -0.850. The number of likely N-dealkylation sites (tertiary alicyclic amines) is 1. The highest BCUT2D eigenvalue weighted by atomic mass is 127. The Morgan fingerprint density at radius 1 is 1.40 bits per heavy atom. The highest BCUT2D eigenvalue weighted by molar-refractivity contribution is 14.0. The molecule has 110 valence electrons. The fraction of sp³-hybridized carbons (Fsp3) is 0.600. The maximum absolute atomic E-state index is 4.41. The van der Waals surface area contributed by atoms with Crippen molar-refractivity contribution < 1.29 is 0 Å². The summed E-state index contributed by atoms with van der Waals surface area (Å²) in [6.45, 7) is 3.06. The second-order valence-corrected chi connectivity index (χ2v) is 5.75. The molecular formula is C15H23IN4. The van der Waals surface area contributed by atoms with Crippen molar-refractivity contribution >= 4 is 29.9 Å². The van der Waals surface area contributed by atoms with E-state index in [-0.39, 0.29) is 24.0 Å². The van der Waals surface area contributed by atoms with Crippen molar-refractivity contribution in [2.75, 3.05) is 20.1 Å². The lowest BCUT2D eigenvalue weighted by molar-refractivity contribution is 0.151. The Balaban J connectivity index is 0.00000147. The van der Waals surface area contributed by atoms with Gasteiger partial charge in [0.05, 0.1) is 12.2 Å². The molecule has 1 aliphatic heterocycles. The number of aromatic nitrogens is 1. The first kappa shape index (κ1) is 15.5. The lowest BCUT2D eigenvalue weighted by Crippen LogP contribution is -2.42. The van der Waals surface area contributed by atoms with Gasteiger partial charge in [0.25, 0.3) is 0 Å². The summed E-state index contributed by atoms with van der Waals surface area (Å²) in [5.41, 5.74) is 1.67. The minimum Gasteiger partial charge on any atom is -0.351 e. The third-order valence-electron chi connectivity index (χ3n) is 4.52. The summed E-state index contributed by atoms with van der Waals surface area (Å²) in [6, 6.07) is 6.00. The number of aliphatic imine (C=N–C) groups is 1. The molecule has 5 heteroatoms. The number of rotatable bonds is 2. The molecule has 0 atom stereocenters. The predicted molar refractivity (Wildman–Crippen MR) is 92.3 cm³/mol. The lowest BCUT2D eigenvalue weighted by Gasteiger charge is -2.38. The third kappa shape index (κ3) is 3.24. The van der Waals surface area contributed by atoms with E-state index in [1.165, 1.54) is 32.2 Å². The number of nitrogens with one attached hydrogen (secondary N) is 1. The monoisotopic (exact) mass is 386 g/mol. The van der Waals surface area contributed by atoms with Gasteiger partial charge in [0, 0.05) is 26.3 Å². The molecule has 1 aromatic rings. The summed E-state index contributed by atoms with van der Waals surface area (Å²) in [4.78, 5) is 11.1. The highest BCUT2D eigenvalue weighted by Crippen LogP contribution is 2.47. The van der Waals surface area contributed by atoms with E-state index in [1.54, 1.807) is 0 Å². The fourth-order valence-electron chi connectivity index (χ4n) is 3.21. The normalized spacial score (nSPS) is 20.4. The number of halogens is 1. The van der Waals surface area contributed by atoms with Crippen molar-refractivity contribution in [3.8, 4) is 0 Å². The van der Waals surface area contributed by atoms with Crippen LogP contribution in [0.2, 0.25) is 0 Å². The molecule has 1 saturated carbocycles. The molecular weight excluding hydrogens is 363 g/mol. The molecule has 0 unspecified atom stereocenters. The van der Waals surface area contributed by atoms with Gasteiger partial charge < -0.3 is 10.2 Å². The lowest BCUT2D eigenvalue weighted by atomic mass is 9.68. The van der Waals surface area contributed by atoms with Gasteiger partial charge in [-0.2, -0.15) is 0 Å². The molecule has 2 heterocycles. The van der Waals surface area contributed by atoms with E-state index >= 15 is 0 Å². The summed E-state index contributed by atoms with van der Waals surface area (Å²) < 4.78 is 0. The molecule has 1 aliphatic carbocycles. The van der Waals surface area contributed by atoms with E-state index in [0.717, 1.165) is 24.7 Å². The molecule has 4 nitrogen and oxygen atoms in total. The van der Waals surface area contributed by atoms with E-state index in [0.29, 0.717) is 5.41 Å². The van der Waals surface area contributed by atoms with E-state index < -0.39 is 0 Å². The van der Waals surface area contributed by atoms with Crippen LogP contribution in [0, 0.1) is 5.41 Å². The average molecular weight is 386 g/mol. The fourth-order valence-corrected chi connectivity index (χ4v) is 3.21.